The van der Waals surface area contributed by atoms with Gasteiger partial charge in [-0.2, -0.15) is 0 Å². The molecule has 2 atom stereocenters. The van der Waals surface area contributed by atoms with Crippen molar-refractivity contribution in [3.63, 3.8) is 0 Å². The normalized spacial score (nSPS) is 28.5. The zero-order chi connectivity index (χ0) is 9.84. The van der Waals surface area contributed by atoms with Crippen LogP contribution in [0.3, 0.4) is 0 Å². The summed E-state index contributed by atoms with van der Waals surface area (Å²) in [5.41, 5.74) is 0. The van der Waals surface area contributed by atoms with Crippen LogP contribution < -0.4 is 5.32 Å². The van der Waals surface area contributed by atoms with Crippen LogP contribution in [0.1, 0.15) is 20.3 Å². The fourth-order valence-corrected chi connectivity index (χ4v) is 1.92. The van der Waals surface area contributed by atoms with Gasteiger partial charge in [0, 0.05) is 20.5 Å². The van der Waals surface area contributed by atoms with E-state index in [0.717, 1.165) is 25.6 Å². The van der Waals surface area contributed by atoms with Gasteiger partial charge in [-0.3, -0.25) is 4.79 Å². The zero-order valence-corrected chi connectivity index (χ0v) is 8.84. The molecule has 0 aromatic carbocycles. The Morgan fingerprint density at radius 1 is 1.54 bits per heavy atom. The van der Waals surface area contributed by atoms with Gasteiger partial charge in [0.25, 0.3) is 0 Å². The Kier molecular flexibility index (Phi) is 3.72. The minimum absolute atomic E-state index is 0.165. The quantitative estimate of drug-likeness (QED) is 0.685. The van der Waals surface area contributed by atoms with Crippen LogP contribution in [0.15, 0.2) is 0 Å². The summed E-state index contributed by atoms with van der Waals surface area (Å²) in [5.74, 6) is 1.55. The maximum Gasteiger partial charge on any atom is 0.219 e. The standard InChI is InChI=1S/C10H20N2O/c1-8-4-10(6-11-5-8)7-12(3)9(2)13/h8,10-11H,4-7H2,1-3H3. The van der Waals surface area contributed by atoms with Gasteiger partial charge in [0.1, 0.15) is 0 Å². The molecular weight excluding hydrogens is 164 g/mol. The second-order valence-electron chi connectivity index (χ2n) is 4.26. The first-order chi connectivity index (χ1) is 6.09. The molecule has 0 aliphatic carbocycles. The summed E-state index contributed by atoms with van der Waals surface area (Å²) in [7, 11) is 1.88. The fourth-order valence-electron chi connectivity index (χ4n) is 1.92. The summed E-state index contributed by atoms with van der Waals surface area (Å²) in [5, 5.41) is 3.39. The third-order valence-corrected chi connectivity index (χ3v) is 2.73. The van der Waals surface area contributed by atoms with Gasteiger partial charge in [-0.15, -0.1) is 0 Å². The smallest absolute Gasteiger partial charge is 0.219 e. The molecule has 13 heavy (non-hydrogen) atoms. The molecule has 0 saturated carbocycles. The summed E-state index contributed by atoms with van der Waals surface area (Å²) in [4.78, 5) is 12.8. The molecule has 1 aliphatic heterocycles. The van der Waals surface area contributed by atoms with E-state index in [-0.39, 0.29) is 5.91 Å². The number of carbonyl (C=O) groups is 1. The minimum Gasteiger partial charge on any atom is -0.346 e. The molecule has 1 heterocycles. The molecule has 3 heteroatoms. The molecule has 1 fully saturated rings. The molecular formula is C10H20N2O. The molecule has 1 rings (SSSR count). The number of nitrogens with one attached hydrogen (secondary N) is 1. The highest BCUT2D eigenvalue weighted by Gasteiger charge is 2.20. The summed E-state index contributed by atoms with van der Waals surface area (Å²) < 4.78 is 0. The Bertz CT molecular complexity index is 182. The Labute approximate surface area is 80.5 Å². The second-order valence-corrected chi connectivity index (χ2v) is 4.26. The van der Waals surface area contributed by atoms with Crippen molar-refractivity contribution in [1.29, 1.82) is 0 Å². The van der Waals surface area contributed by atoms with E-state index in [2.05, 4.69) is 12.2 Å². The van der Waals surface area contributed by atoms with Crippen molar-refractivity contribution in [2.75, 3.05) is 26.7 Å². The van der Waals surface area contributed by atoms with Crippen LogP contribution in [-0.4, -0.2) is 37.5 Å². The number of nitrogens with zero attached hydrogens (tertiary/aromatic N) is 1. The van der Waals surface area contributed by atoms with E-state index in [1.807, 2.05) is 11.9 Å². The molecule has 0 aromatic rings. The maximum atomic E-state index is 11.0. The first-order valence-corrected chi connectivity index (χ1v) is 5.02. The van der Waals surface area contributed by atoms with Crippen LogP contribution >= 0.6 is 0 Å². The summed E-state index contributed by atoms with van der Waals surface area (Å²) in [6.07, 6.45) is 1.24. The van der Waals surface area contributed by atoms with E-state index >= 15 is 0 Å². The average molecular weight is 184 g/mol. The summed E-state index contributed by atoms with van der Waals surface area (Å²) in [6.45, 7) is 6.96. The number of carbonyl (C=O) groups excluding carboxylic acids is 1. The van der Waals surface area contributed by atoms with Gasteiger partial charge in [-0.25, -0.2) is 0 Å². The zero-order valence-electron chi connectivity index (χ0n) is 8.84. The average Bonchev–Trinajstić information content (AvgIpc) is 2.04. The van der Waals surface area contributed by atoms with Gasteiger partial charge < -0.3 is 10.2 Å². The van der Waals surface area contributed by atoms with Crippen LogP contribution in [0.5, 0.6) is 0 Å². The molecule has 0 radical (unpaired) electrons. The highest BCUT2D eigenvalue weighted by Crippen LogP contribution is 2.16. The van der Waals surface area contributed by atoms with E-state index in [1.165, 1.54) is 6.42 Å². The Balaban J connectivity index is 2.31. The van der Waals surface area contributed by atoms with Gasteiger partial charge >= 0.3 is 0 Å². The van der Waals surface area contributed by atoms with E-state index in [9.17, 15) is 4.79 Å². The van der Waals surface area contributed by atoms with Crippen LogP contribution in [0.4, 0.5) is 0 Å². The molecule has 0 spiro atoms. The first-order valence-electron chi connectivity index (χ1n) is 5.02. The Hall–Kier alpha value is -0.570. The van der Waals surface area contributed by atoms with E-state index < -0.39 is 0 Å². The number of amides is 1. The highest BCUT2D eigenvalue weighted by atomic mass is 16.2. The number of hydrogen-bond donors (Lipinski definition) is 1. The number of hydrogen-bond acceptors (Lipinski definition) is 2. The lowest BCUT2D eigenvalue weighted by atomic mass is 9.91. The van der Waals surface area contributed by atoms with Gasteiger partial charge in [-0.1, -0.05) is 6.92 Å². The molecule has 1 N–H and O–H groups in total. The Morgan fingerprint density at radius 3 is 2.77 bits per heavy atom. The van der Waals surface area contributed by atoms with Crippen molar-refractivity contribution >= 4 is 5.91 Å². The fraction of sp³-hybridized carbons (Fsp3) is 0.900. The van der Waals surface area contributed by atoms with Crippen LogP contribution in [-0.2, 0) is 4.79 Å². The van der Waals surface area contributed by atoms with Crippen molar-refractivity contribution in [2.45, 2.75) is 20.3 Å². The topological polar surface area (TPSA) is 32.3 Å². The van der Waals surface area contributed by atoms with Crippen molar-refractivity contribution in [3.8, 4) is 0 Å². The molecule has 1 amide bonds. The third kappa shape index (κ3) is 3.35. The van der Waals surface area contributed by atoms with Crippen molar-refractivity contribution in [2.24, 2.45) is 11.8 Å². The highest BCUT2D eigenvalue weighted by molar-refractivity contribution is 5.72. The minimum atomic E-state index is 0.165. The van der Waals surface area contributed by atoms with E-state index in [1.54, 1.807) is 6.92 Å². The molecule has 1 aliphatic rings. The lowest BCUT2D eigenvalue weighted by Crippen LogP contribution is -2.41. The maximum absolute atomic E-state index is 11.0. The van der Waals surface area contributed by atoms with Gasteiger partial charge in [-0.05, 0) is 31.3 Å². The van der Waals surface area contributed by atoms with Gasteiger partial charge in [0.15, 0.2) is 0 Å². The molecule has 2 unspecified atom stereocenters. The predicted octanol–water partition coefficient (Wildman–Crippen LogP) is 0.710. The monoisotopic (exact) mass is 184 g/mol. The van der Waals surface area contributed by atoms with E-state index in [0.29, 0.717) is 5.92 Å². The first kappa shape index (κ1) is 10.5. The molecule has 76 valence electrons. The van der Waals surface area contributed by atoms with Crippen molar-refractivity contribution in [1.82, 2.24) is 10.2 Å². The van der Waals surface area contributed by atoms with Crippen LogP contribution in [0, 0.1) is 11.8 Å². The number of rotatable bonds is 2. The van der Waals surface area contributed by atoms with Gasteiger partial charge in [0.05, 0.1) is 0 Å². The lowest BCUT2D eigenvalue weighted by Gasteiger charge is -2.30. The van der Waals surface area contributed by atoms with Crippen LogP contribution in [0.25, 0.3) is 0 Å². The third-order valence-electron chi connectivity index (χ3n) is 2.73. The summed E-state index contributed by atoms with van der Waals surface area (Å²) >= 11 is 0. The van der Waals surface area contributed by atoms with Crippen molar-refractivity contribution in [3.05, 3.63) is 0 Å². The SMILES string of the molecule is CC(=O)N(C)CC1CNCC(C)C1. The lowest BCUT2D eigenvalue weighted by molar-refractivity contribution is -0.128. The Morgan fingerprint density at radius 2 is 2.23 bits per heavy atom. The molecule has 0 aromatic heterocycles. The molecule has 1 saturated heterocycles. The molecule has 3 nitrogen and oxygen atoms in total. The van der Waals surface area contributed by atoms with E-state index in [4.69, 9.17) is 0 Å². The van der Waals surface area contributed by atoms with Gasteiger partial charge in [0.2, 0.25) is 5.91 Å². The predicted molar refractivity (Wildman–Crippen MR) is 53.5 cm³/mol. The summed E-state index contributed by atoms with van der Waals surface area (Å²) in [6, 6.07) is 0. The van der Waals surface area contributed by atoms with Crippen LogP contribution in [0.2, 0.25) is 0 Å². The van der Waals surface area contributed by atoms with Crippen molar-refractivity contribution < 1.29 is 4.79 Å². The molecule has 0 bridgehead atoms. The second kappa shape index (κ2) is 4.61. The largest absolute Gasteiger partial charge is 0.346 e. The number of piperidine rings is 1.